The molecule has 2 aliphatic heterocycles. The number of rotatable bonds is 3. The van der Waals surface area contributed by atoms with Gasteiger partial charge in [-0.1, -0.05) is 24.3 Å². The molecular weight excluding hydrogens is 348 g/mol. The van der Waals surface area contributed by atoms with Crippen molar-refractivity contribution in [3.63, 3.8) is 0 Å². The Labute approximate surface area is 155 Å². The number of allylic oxidation sites excluding steroid dienone is 2. The van der Waals surface area contributed by atoms with Gasteiger partial charge in [0.05, 0.1) is 4.90 Å². The van der Waals surface area contributed by atoms with Gasteiger partial charge in [-0.25, -0.2) is 8.42 Å². The summed E-state index contributed by atoms with van der Waals surface area (Å²) < 4.78 is 27.8. The molecule has 1 amide bonds. The van der Waals surface area contributed by atoms with Crippen molar-refractivity contribution in [3.05, 3.63) is 41.5 Å². The Bertz CT molecular complexity index is 825. The Morgan fingerprint density at radius 1 is 1.08 bits per heavy atom. The molecular formula is C20H26N2O3S. The highest BCUT2D eigenvalue weighted by Gasteiger charge is 2.33. The molecule has 0 bridgehead atoms. The summed E-state index contributed by atoms with van der Waals surface area (Å²) in [6.07, 6.45) is 9.45. The molecule has 0 spiro atoms. The Hall–Kier alpha value is -1.66. The Kier molecular flexibility index (Phi) is 4.88. The van der Waals surface area contributed by atoms with Crippen molar-refractivity contribution in [1.29, 1.82) is 0 Å². The highest BCUT2D eigenvalue weighted by atomic mass is 32.2. The smallest absolute Gasteiger partial charge is 0.243 e. The molecule has 2 heterocycles. The number of hydrogen-bond acceptors (Lipinski definition) is 3. The van der Waals surface area contributed by atoms with Gasteiger partial charge in [0.25, 0.3) is 0 Å². The van der Waals surface area contributed by atoms with Gasteiger partial charge in [-0.05, 0) is 55.7 Å². The molecule has 26 heavy (non-hydrogen) atoms. The second-order valence-corrected chi connectivity index (χ2v) is 9.40. The van der Waals surface area contributed by atoms with E-state index in [0.717, 1.165) is 49.7 Å². The van der Waals surface area contributed by atoms with E-state index in [4.69, 9.17) is 0 Å². The van der Waals surface area contributed by atoms with Gasteiger partial charge < -0.3 is 4.90 Å². The van der Waals surface area contributed by atoms with Crippen molar-refractivity contribution in [1.82, 2.24) is 9.21 Å². The molecule has 0 unspecified atom stereocenters. The molecule has 1 aromatic rings. The molecule has 4 rings (SSSR count). The summed E-state index contributed by atoms with van der Waals surface area (Å²) in [5, 5.41) is 0. The van der Waals surface area contributed by atoms with Crippen LogP contribution in [-0.2, 0) is 27.8 Å². The van der Waals surface area contributed by atoms with Crippen LogP contribution in [0.4, 0.5) is 0 Å². The van der Waals surface area contributed by atoms with Crippen LogP contribution in [0.2, 0.25) is 0 Å². The van der Waals surface area contributed by atoms with Crippen molar-refractivity contribution in [2.45, 2.75) is 50.0 Å². The third-order valence-corrected chi connectivity index (χ3v) is 7.83. The zero-order valence-corrected chi connectivity index (χ0v) is 15.9. The molecule has 1 fully saturated rings. The average Bonchev–Trinajstić information content (AvgIpc) is 3.23. The summed E-state index contributed by atoms with van der Waals surface area (Å²) in [4.78, 5) is 15.2. The van der Waals surface area contributed by atoms with Gasteiger partial charge in [0.15, 0.2) is 0 Å². The van der Waals surface area contributed by atoms with Crippen LogP contribution in [0.5, 0.6) is 0 Å². The lowest BCUT2D eigenvalue weighted by Crippen LogP contribution is -2.41. The van der Waals surface area contributed by atoms with Gasteiger partial charge >= 0.3 is 0 Å². The molecule has 0 radical (unpaired) electrons. The summed E-state index contributed by atoms with van der Waals surface area (Å²) in [6.45, 7) is 2.29. The van der Waals surface area contributed by atoms with E-state index < -0.39 is 10.0 Å². The predicted molar refractivity (Wildman–Crippen MR) is 100 cm³/mol. The van der Waals surface area contributed by atoms with E-state index in [0.29, 0.717) is 31.1 Å². The minimum atomic E-state index is -3.47. The molecule has 0 saturated carbocycles. The van der Waals surface area contributed by atoms with Crippen LogP contribution in [0.1, 0.15) is 43.2 Å². The number of sulfonamides is 1. The molecule has 140 valence electrons. The monoisotopic (exact) mass is 374 g/mol. The van der Waals surface area contributed by atoms with Crippen LogP contribution in [0.3, 0.4) is 0 Å². The highest BCUT2D eigenvalue weighted by Crippen LogP contribution is 2.31. The Morgan fingerprint density at radius 3 is 2.62 bits per heavy atom. The van der Waals surface area contributed by atoms with E-state index in [2.05, 4.69) is 12.2 Å². The largest absolute Gasteiger partial charge is 0.338 e. The van der Waals surface area contributed by atoms with E-state index in [-0.39, 0.29) is 11.8 Å². The van der Waals surface area contributed by atoms with E-state index in [9.17, 15) is 13.2 Å². The Balaban J connectivity index is 1.62. The number of amides is 1. The number of benzene rings is 1. The molecule has 1 saturated heterocycles. The van der Waals surface area contributed by atoms with Crippen LogP contribution < -0.4 is 0 Å². The van der Waals surface area contributed by atoms with Crippen LogP contribution in [-0.4, -0.2) is 43.2 Å². The second kappa shape index (κ2) is 7.16. The molecule has 0 N–H and O–H groups in total. The van der Waals surface area contributed by atoms with Crippen LogP contribution >= 0.6 is 0 Å². The minimum absolute atomic E-state index is 0.0453. The van der Waals surface area contributed by atoms with E-state index in [1.807, 2.05) is 17.0 Å². The van der Waals surface area contributed by atoms with Gasteiger partial charge in [0.2, 0.25) is 15.9 Å². The summed E-state index contributed by atoms with van der Waals surface area (Å²) in [6, 6.07) is 5.55. The zero-order chi connectivity index (χ0) is 18.1. The van der Waals surface area contributed by atoms with E-state index in [1.54, 1.807) is 10.4 Å². The lowest BCUT2D eigenvalue weighted by molar-refractivity contribution is -0.136. The zero-order valence-electron chi connectivity index (χ0n) is 15.1. The molecule has 1 aromatic carbocycles. The maximum absolute atomic E-state index is 13.1. The SMILES string of the molecule is O=C([C@@H]1CC=CCC1)N1CCc2cccc(S(=O)(=O)N3CCCC3)c2C1. The standard InChI is InChI=1S/C20H26N2O3S/c23-20(17-7-2-1-3-8-17)21-14-11-16-9-6-10-19(18(16)15-21)26(24,25)22-12-4-5-13-22/h1-2,6,9-10,17H,3-5,7-8,11-15H2/t17-/m1/s1. The Morgan fingerprint density at radius 2 is 1.88 bits per heavy atom. The summed E-state index contributed by atoms with van der Waals surface area (Å²) >= 11 is 0. The van der Waals surface area contributed by atoms with E-state index in [1.165, 1.54) is 0 Å². The van der Waals surface area contributed by atoms with Crippen LogP contribution in [0.15, 0.2) is 35.2 Å². The third kappa shape index (κ3) is 3.21. The average molecular weight is 375 g/mol. The normalized spacial score (nSPS) is 23.8. The van der Waals surface area contributed by atoms with Crippen molar-refractivity contribution < 1.29 is 13.2 Å². The van der Waals surface area contributed by atoms with Crippen molar-refractivity contribution in [3.8, 4) is 0 Å². The topological polar surface area (TPSA) is 57.7 Å². The van der Waals surface area contributed by atoms with Gasteiger partial charge in [0, 0.05) is 32.1 Å². The quantitative estimate of drug-likeness (QED) is 0.765. The predicted octanol–water partition coefficient (Wildman–Crippen LogP) is 2.71. The van der Waals surface area contributed by atoms with Crippen LogP contribution in [0.25, 0.3) is 0 Å². The molecule has 6 heteroatoms. The minimum Gasteiger partial charge on any atom is -0.338 e. The summed E-state index contributed by atoms with van der Waals surface area (Å²) in [5.41, 5.74) is 1.89. The fraction of sp³-hybridized carbons (Fsp3) is 0.550. The van der Waals surface area contributed by atoms with Gasteiger partial charge in [0.1, 0.15) is 0 Å². The van der Waals surface area contributed by atoms with Crippen molar-refractivity contribution >= 4 is 15.9 Å². The lowest BCUT2D eigenvalue weighted by atomic mass is 9.91. The summed E-state index contributed by atoms with van der Waals surface area (Å²) in [5.74, 6) is 0.220. The van der Waals surface area contributed by atoms with E-state index >= 15 is 0 Å². The first-order valence-electron chi connectivity index (χ1n) is 9.62. The fourth-order valence-electron chi connectivity index (χ4n) is 4.32. The molecule has 1 aliphatic carbocycles. The maximum Gasteiger partial charge on any atom is 0.243 e. The lowest BCUT2D eigenvalue weighted by Gasteiger charge is -2.33. The van der Waals surface area contributed by atoms with Crippen molar-refractivity contribution in [2.24, 2.45) is 5.92 Å². The number of nitrogens with zero attached hydrogens (tertiary/aromatic N) is 2. The molecule has 5 nitrogen and oxygen atoms in total. The first-order valence-corrected chi connectivity index (χ1v) is 11.1. The van der Waals surface area contributed by atoms with Gasteiger partial charge in [-0.15, -0.1) is 0 Å². The van der Waals surface area contributed by atoms with Gasteiger partial charge in [-0.3, -0.25) is 4.79 Å². The molecule has 3 aliphatic rings. The maximum atomic E-state index is 13.1. The number of hydrogen-bond donors (Lipinski definition) is 0. The highest BCUT2D eigenvalue weighted by molar-refractivity contribution is 7.89. The number of carbonyl (C=O) groups excluding carboxylic acids is 1. The van der Waals surface area contributed by atoms with Crippen LogP contribution in [0, 0.1) is 5.92 Å². The third-order valence-electron chi connectivity index (χ3n) is 5.84. The molecule has 1 atom stereocenters. The van der Waals surface area contributed by atoms with Gasteiger partial charge in [-0.2, -0.15) is 4.31 Å². The number of carbonyl (C=O) groups is 1. The molecule has 0 aromatic heterocycles. The van der Waals surface area contributed by atoms with Crippen molar-refractivity contribution in [2.75, 3.05) is 19.6 Å². The number of fused-ring (bicyclic) bond motifs is 1. The summed E-state index contributed by atoms with van der Waals surface area (Å²) in [7, 11) is -3.47. The first kappa shape index (κ1) is 17.7. The fourth-order valence-corrected chi connectivity index (χ4v) is 6.10. The second-order valence-electron chi connectivity index (χ2n) is 7.50. The first-order chi connectivity index (χ1) is 12.6.